The third-order valence-corrected chi connectivity index (χ3v) is 5.62. The lowest BCUT2D eigenvalue weighted by molar-refractivity contribution is 0.0946. The van der Waals surface area contributed by atoms with Crippen LogP contribution in [0.2, 0.25) is 0 Å². The highest BCUT2D eigenvalue weighted by atomic mass is 32.1. The van der Waals surface area contributed by atoms with Crippen molar-refractivity contribution in [1.29, 1.82) is 0 Å². The van der Waals surface area contributed by atoms with Crippen LogP contribution in [0.1, 0.15) is 42.3 Å². The van der Waals surface area contributed by atoms with Crippen molar-refractivity contribution in [2.24, 2.45) is 17.8 Å². The Kier molecular flexibility index (Phi) is 3.83. The number of carbonyl (C=O) groups excluding carboxylic acids is 1. The van der Waals surface area contributed by atoms with Crippen molar-refractivity contribution in [3.05, 3.63) is 4.88 Å². The number of carbonyl (C=O) groups is 1. The lowest BCUT2D eigenvalue weighted by Crippen LogP contribution is -2.31. The van der Waals surface area contributed by atoms with Gasteiger partial charge in [-0.3, -0.25) is 4.79 Å². The van der Waals surface area contributed by atoms with Gasteiger partial charge in [-0.2, -0.15) is 0 Å². The van der Waals surface area contributed by atoms with Crippen molar-refractivity contribution in [2.45, 2.75) is 32.6 Å². The van der Waals surface area contributed by atoms with Crippen LogP contribution < -0.4 is 16.4 Å². The van der Waals surface area contributed by atoms with Gasteiger partial charge in [-0.05, 0) is 43.9 Å². The topological polar surface area (TPSA) is 80.0 Å². The van der Waals surface area contributed by atoms with E-state index >= 15 is 0 Å². The predicted octanol–water partition coefficient (Wildman–Crippen LogP) is 2.32. The first-order valence-electron chi connectivity index (χ1n) is 7.45. The average Bonchev–Trinajstić information content (AvgIpc) is 3.11. The Balaban J connectivity index is 1.56. The standard InChI is InChI=1S/C14H22N4OS/c1-2-16-14-18-12(15)11(20-14)13(19)17-7-10-6-8-3-4-9(10)5-8/h8-10H,2-7,15H2,1H3,(H,16,18)(H,17,19). The van der Waals surface area contributed by atoms with Crippen molar-refractivity contribution in [3.8, 4) is 0 Å². The second kappa shape index (κ2) is 5.60. The van der Waals surface area contributed by atoms with E-state index in [0.29, 0.717) is 16.6 Å². The maximum atomic E-state index is 12.2. The molecule has 4 N–H and O–H groups in total. The summed E-state index contributed by atoms with van der Waals surface area (Å²) in [6, 6.07) is 0. The van der Waals surface area contributed by atoms with Gasteiger partial charge in [0, 0.05) is 13.1 Å². The van der Waals surface area contributed by atoms with Crippen LogP contribution in [0.15, 0.2) is 0 Å². The predicted molar refractivity (Wildman–Crippen MR) is 82.0 cm³/mol. The molecule has 2 saturated carbocycles. The molecule has 6 heteroatoms. The first-order chi connectivity index (χ1) is 9.67. The van der Waals surface area contributed by atoms with Gasteiger partial charge in [-0.25, -0.2) is 4.98 Å². The van der Waals surface area contributed by atoms with E-state index in [4.69, 9.17) is 5.73 Å². The Labute approximate surface area is 123 Å². The number of anilines is 2. The number of fused-ring (bicyclic) bond motifs is 2. The van der Waals surface area contributed by atoms with Gasteiger partial charge in [0.05, 0.1) is 0 Å². The normalized spacial score (nSPS) is 27.8. The van der Waals surface area contributed by atoms with Crippen molar-refractivity contribution >= 4 is 28.2 Å². The second-order valence-corrected chi connectivity index (χ2v) is 6.91. The molecule has 0 radical (unpaired) electrons. The van der Waals surface area contributed by atoms with E-state index < -0.39 is 0 Å². The fourth-order valence-corrected chi connectivity index (χ4v) is 4.52. The van der Waals surface area contributed by atoms with Crippen LogP contribution in [0.25, 0.3) is 0 Å². The van der Waals surface area contributed by atoms with Crippen LogP contribution in [-0.2, 0) is 0 Å². The van der Waals surface area contributed by atoms with E-state index in [0.717, 1.165) is 30.1 Å². The smallest absolute Gasteiger partial charge is 0.265 e. The number of hydrogen-bond acceptors (Lipinski definition) is 5. The quantitative estimate of drug-likeness (QED) is 0.778. The molecule has 1 heterocycles. The van der Waals surface area contributed by atoms with E-state index in [1.807, 2.05) is 6.92 Å². The molecule has 3 rings (SSSR count). The zero-order chi connectivity index (χ0) is 14.1. The third kappa shape index (κ3) is 2.61. The summed E-state index contributed by atoms with van der Waals surface area (Å²) in [6.07, 6.45) is 5.39. The molecular formula is C14H22N4OS. The molecule has 2 fully saturated rings. The van der Waals surface area contributed by atoms with E-state index in [1.165, 1.54) is 37.0 Å². The number of thiazole rings is 1. The Morgan fingerprint density at radius 3 is 2.95 bits per heavy atom. The molecule has 1 aromatic rings. The van der Waals surface area contributed by atoms with Crippen LogP contribution in [0, 0.1) is 17.8 Å². The Bertz CT molecular complexity index is 501. The molecule has 0 aliphatic heterocycles. The summed E-state index contributed by atoms with van der Waals surface area (Å²) >= 11 is 1.33. The highest BCUT2D eigenvalue weighted by molar-refractivity contribution is 7.18. The highest BCUT2D eigenvalue weighted by Crippen LogP contribution is 2.47. The largest absolute Gasteiger partial charge is 0.382 e. The molecule has 2 aliphatic carbocycles. The van der Waals surface area contributed by atoms with Crippen LogP contribution in [-0.4, -0.2) is 24.0 Å². The molecule has 0 saturated heterocycles. The molecule has 3 unspecified atom stereocenters. The lowest BCUT2D eigenvalue weighted by Gasteiger charge is -2.21. The number of nitrogens with one attached hydrogen (secondary N) is 2. The number of nitrogens with zero attached hydrogens (tertiary/aromatic N) is 1. The minimum atomic E-state index is -0.0769. The van der Waals surface area contributed by atoms with Crippen molar-refractivity contribution in [2.75, 3.05) is 24.1 Å². The van der Waals surface area contributed by atoms with Gasteiger partial charge < -0.3 is 16.4 Å². The van der Waals surface area contributed by atoms with Gasteiger partial charge in [0.2, 0.25) is 0 Å². The van der Waals surface area contributed by atoms with Crippen LogP contribution >= 0.6 is 11.3 Å². The Morgan fingerprint density at radius 2 is 2.30 bits per heavy atom. The Hall–Kier alpha value is -1.30. The van der Waals surface area contributed by atoms with Gasteiger partial charge in [-0.15, -0.1) is 0 Å². The summed E-state index contributed by atoms with van der Waals surface area (Å²) in [5.74, 6) is 2.66. The minimum Gasteiger partial charge on any atom is -0.382 e. The van der Waals surface area contributed by atoms with Gasteiger partial charge >= 0.3 is 0 Å². The summed E-state index contributed by atoms with van der Waals surface area (Å²) in [7, 11) is 0. The summed E-state index contributed by atoms with van der Waals surface area (Å²) in [4.78, 5) is 16.9. The second-order valence-electron chi connectivity index (χ2n) is 5.91. The van der Waals surface area contributed by atoms with Crippen LogP contribution in [0.5, 0.6) is 0 Å². The molecule has 5 nitrogen and oxygen atoms in total. The molecule has 1 aromatic heterocycles. The van der Waals surface area contributed by atoms with E-state index in [1.54, 1.807) is 0 Å². The highest BCUT2D eigenvalue weighted by Gasteiger charge is 2.39. The van der Waals surface area contributed by atoms with Crippen LogP contribution in [0.4, 0.5) is 10.9 Å². The van der Waals surface area contributed by atoms with Crippen LogP contribution in [0.3, 0.4) is 0 Å². The van der Waals surface area contributed by atoms with E-state index in [2.05, 4.69) is 15.6 Å². The van der Waals surface area contributed by atoms with Gasteiger partial charge in [0.25, 0.3) is 5.91 Å². The molecule has 3 atom stereocenters. The van der Waals surface area contributed by atoms with Gasteiger partial charge in [-0.1, -0.05) is 17.8 Å². The zero-order valence-corrected chi connectivity index (χ0v) is 12.6. The Morgan fingerprint density at radius 1 is 1.45 bits per heavy atom. The summed E-state index contributed by atoms with van der Waals surface area (Å²) in [5, 5.41) is 6.85. The molecule has 2 aliphatic rings. The molecule has 110 valence electrons. The minimum absolute atomic E-state index is 0.0769. The van der Waals surface area contributed by atoms with Crippen molar-refractivity contribution in [1.82, 2.24) is 10.3 Å². The first kappa shape index (κ1) is 13.7. The SMILES string of the molecule is CCNc1nc(N)c(C(=O)NCC2CC3CCC2C3)s1. The summed E-state index contributed by atoms with van der Waals surface area (Å²) < 4.78 is 0. The van der Waals surface area contributed by atoms with Gasteiger partial charge in [0.1, 0.15) is 10.7 Å². The number of aromatic nitrogens is 1. The molecule has 2 bridgehead atoms. The number of nitrogens with two attached hydrogens (primary N) is 1. The lowest BCUT2D eigenvalue weighted by atomic mass is 9.89. The maximum Gasteiger partial charge on any atom is 0.265 e. The van der Waals surface area contributed by atoms with Crippen molar-refractivity contribution in [3.63, 3.8) is 0 Å². The average molecular weight is 294 g/mol. The number of hydrogen-bond donors (Lipinski definition) is 3. The number of amides is 1. The number of rotatable bonds is 5. The zero-order valence-electron chi connectivity index (χ0n) is 11.8. The van der Waals surface area contributed by atoms with E-state index in [-0.39, 0.29) is 5.91 Å². The third-order valence-electron chi connectivity index (χ3n) is 4.60. The number of nitrogen functional groups attached to an aromatic ring is 1. The molecule has 1 amide bonds. The fraction of sp³-hybridized carbons (Fsp3) is 0.714. The van der Waals surface area contributed by atoms with Gasteiger partial charge in [0.15, 0.2) is 5.13 Å². The molecule has 20 heavy (non-hydrogen) atoms. The first-order valence-corrected chi connectivity index (χ1v) is 8.27. The molecule has 0 spiro atoms. The molecular weight excluding hydrogens is 272 g/mol. The van der Waals surface area contributed by atoms with E-state index in [9.17, 15) is 4.79 Å². The maximum absolute atomic E-state index is 12.2. The monoisotopic (exact) mass is 294 g/mol. The van der Waals surface area contributed by atoms with Crippen molar-refractivity contribution < 1.29 is 4.79 Å². The summed E-state index contributed by atoms with van der Waals surface area (Å²) in [6.45, 7) is 3.56. The fourth-order valence-electron chi connectivity index (χ4n) is 3.65. The summed E-state index contributed by atoms with van der Waals surface area (Å²) in [5.41, 5.74) is 5.82. The molecule has 0 aromatic carbocycles.